The fourth-order valence-corrected chi connectivity index (χ4v) is 2.26. The van der Waals surface area contributed by atoms with Crippen LogP contribution in [-0.2, 0) is 6.42 Å². The highest BCUT2D eigenvalue weighted by atomic mass is 35.5. The first-order valence-corrected chi connectivity index (χ1v) is 6.71. The van der Waals surface area contributed by atoms with E-state index in [0.29, 0.717) is 10.0 Å². The van der Waals surface area contributed by atoms with Crippen LogP contribution in [0.4, 0.5) is 0 Å². The molecule has 0 heterocycles. The quantitative estimate of drug-likeness (QED) is 0.635. The highest BCUT2D eigenvalue weighted by Gasteiger charge is 2.08. The second-order valence-electron chi connectivity index (χ2n) is 3.27. The minimum Gasteiger partial charge on any atom is -0.271 e. The molecule has 0 saturated carbocycles. The zero-order chi connectivity index (χ0) is 11.3. The van der Waals surface area contributed by atoms with Crippen molar-refractivity contribution in [3.8, 4) is 0 Å². The van der Waals surface area contributed by atoms with Gasteiger partial charge in [0.15, 0.2) is 0 Å². The zero-order valence-corrected chi connectivity index (χ0v) is 10.8. The molecule has 0 aromatic heterocycles. The molecule has 0 spiro atoms. The van der Waals surface area contributed by atoms with Crippen molar-refractivity contribution >= 4 is 35.0 Å². The van der Waals surface area contributed by atoms with Crippen LogP contribution in [0.5, 0.6) is 0 Å². The molecule has 1 atom stereocenters. The molecule has 3 N–H and O–H groups in total. The maximum Gasteiger partial charge on any atom is 0.0595 e. The summed E-state index contributed by atoms with van der Waals surface area (Å²) in [4.78, 5) is 0. The highest BCUT2D eigenvalue weighted by Crippen LogP contribution is 2.23. The molecule has 1 aromatic carbocycles. The number of nitrogens with two attached hydrogens (primary N) is 1. The molecule has 0 radical (unpaired) electrons. The van der Waals surface area contributed by atoms with Crippen molar-refractivity contribution in [1.29, 1.82) is 0 Å². The average Bonchev–Trinajstić information content (AvgIpc) is 2.23. The maximum atomic E-state index is 5.93. The van der Waals surface area contributed by atoms with Crippen LogP contribution in [0.2, 0.25) is 10.0 Å². The smallest absolute Gasteiger partial charge is 0.0595 e. The molecule has 84 valence electrons. The topological polar surface area (TPSA) is 38.0 Å². The number of benzene rings is 1. The zero-order valence-electron chi connectivity index (χ0n) is 8.47. The van der Waals surface area contributed by atoms with E-state index in [1.165, 1.54) is 0 Å². The SMILES string of the molecule is CSCC(Cc1ccc(Cl)c(Cl)c1)NN. The van der Waals surface area contributed by atoms with Gasteiger partial charge in [-0.1, -0.05) is 29.3 Å². The predicted molar refractivity (Wildman–Crippen MR) is 69.7 cm³/mol. The molecule has 0 fully saturated rings. The van der Waals surface area contributed by atoms with Gasteiger partial charge < -0.3 is 0 Å². The Morgan fingerprint density at radius 2 is 2.13 bits per heavy atom. The lowest BCUT2D eigenvalue weighted by Crippen LogP contribution is -2.38. The van der Waals surface area contributed by atoms with Crippen LogP contribution >= 0.6 is 35.0 Å². The van der Waals surface area contributed by atoms with E-state index in [9.17, 15) is 0 Å². The average molecular weight is 265 g/mol. The number of hydrazine groups is 1. The normalized spacial score (nSPS) is 12.8. The van der Waals surface area contributed by atoms with E-state index in [1.807, 2.05) is 18.2 Å². The number of rotatable bonds is 5. The van der Waals surface area contributed by atoms with Crippen LogP contribution in [0, 0.1) is 0 Å². The first-order chi connectivity index (χ1) is 7.17. The summed E-state index contributed by atoms with van der Waals surface area (Å²) in [5.41, 5.74) is 3.93. The Labute approximate surface area is 104 Å². The molecule has 0 saturated heterocycles. The van der Waals surface area contributed by atoms with E-state index in [-0.39, 0.29) is 6.04 Å². The molecule has 1 aromatic rings. The first kappa shape index (κ1) is 13.1. The monoisotopic (exact) mass is 264 g/mol. The molecule has 0 bridgehead atoms. The van der Waals surface area contributed by atoms with E-state index in [1.54, 1.807) is 11.8 Å². The van der Waals surface area contributed by atoms with Crippen molar-refractivity contribution < 1.29 is 0 Å². The summed E-state index contributed by atoms with van der Waals surface area (Å²) in [6.07, 6.45) is 2.91. The summed E-state index contributed by atoms with van der Waals surface area (Å²) in [7, 11) is 0. The van der Waals surface area contributed by atoms with E-state index >= 15 is 0 Å². The lowest BCUT2D eigenvalue weighted by atomic mass is 10.1. The minimum atomic E-state index is 0.261. The van der Waals surface area contributed by atoms with Crippen LogP contribution < -0.4 is 11.3 Å². The second-order valence-corrected chi connectivity index (χ2v) is 5.00. The summed E-state index contributed by atoms with van der Waals surface area (Å²) in [6, 6.07) is 5.93. The lowest BCUT2D eigenvalue weighted by molar-refractivity contribution is 0.576. The third kappa shape index (κ3) is 4.21. The van der Waals surface area contributed by atoms with Crippen molar-refractivity contribution in [1.82, 2.24) is 5.43 Å². The van der Waals surface area contributed by atoms with Crippen LogP contribution in [0.3, 0.4) is 0 Å². The van der Waals surface area contributed by atoms with Crippen molar-refractivity contribution in [2.45, 2.75) is 12.5 Å². The summed E-state index contributed by atoms with van der Waals surface area (Å²) in [6.45, 7) is 0. The van der Waals surface area contributed by atoms with Crippen molar-refractivity contribution in [3.63, 3.8) is 0 Å². The Bertz CT molecular complexity index is 320. The van der Waals surface area contributed by atoms with Crippen LogP contribution in [0.15, 0.2) is 18.2 Å². The van der Waals surface area contributed by atoms with Gasteiger partial charge in [0.2, 0.25) is 0 Å². The molecule has 2 nitrogen and oxygen atoms in total. The molecular weight excluding hydrogens is 251 g/mol. The fraction of sp³-hybridized carbons (Fsp3) is 0.400. The first-order valence-electron chi connectivity index (χ1n) is 4.56. The number of hydrogen-bond acceptors (Lipinski definition) is 3. The van der Waals surface area contributed by atoms with Gasteiger partial charge in [0.05, 0.1) is 10.0 Å². The molecular formula is C10H14Cl2N2S. The third-order valence-electron chi connectivity index (χ3n) is 2.07. The van der Waals surface area contributed by atoms with Gasteiger partial charge in [-0.25, -0.2) is 0 Å². The van der Waals surface area contributed by atoms with Gasteiger partial charge >= 0.3 is 0 Å². The number of hydrogen-bond donors (Lipinski definition) is 2. The van der Waals surface area contributed by atoms with Gasteiger partial charge in [0.25, 0.3) is 0 Å². The number of halogens is 2. The number of nitrogens with one attached hydrogen (secondary N) is 1. The maximum absolute atomic E-state index is 5.93. The summed E-state index contributed by atoms with van der Waals surface area (Å²) in [5.74, 6) is 6.42. The van der Waals surface area contributed by atoms with Gasteiger partial charge in [0.1, 0.15) is 0 Å². The van der Waals surface area contributed by atoms with Crippen LogP contribution in [0.25, 0.3) is 0 Å². The van der Waals surface area contributed by atoms with Crippen molar-refractivity contribution in [2.75, 3.05) is 12.0 Å². The summed E-state index contributed by atoms with van der Waals surface area (Å²) >= 11 is 13.5. The molecule has 0 amide bonds. The Kier molecular flexibility index (Phi) is 5.79. The Morgan fingerprint density at radius 3 is 2.67 bits per heavy atom. The molecule has 0 aliphatic carbocycles. The number of thioether (sulfide) groups is 1. The van der Waals surface area contributed by atoms with Crippen molar-refractivity contribution in [2.24, 2.45) is 5.84 Å². The van der Waals surface area contributed by atoms with Gasteiger partial charge in [-0.05, 0) is 30.4 Å². The predicted octanol–water partition coefficient (Wildman–Crippen LogP) is 2.73. The largest absolute Gasteiger partial charge is 0.271 e. The van der Waals surface area contributed by atoms with Gasteiger partial charge in [-0.2, -0.15) is 11.8 Å². The summed E-state index contributed by atoms with van der Waals surface area (Å²) in [5, 5.41) is 1.18. The van der Waals surface area contributed by atoms with Gasteiger partial charge in [0, 0.05) is 11.8 Å². The van der Waals surface area contributed by atoms with Crippen LogP contribution in [0.1, 0.15) is 5.56 Å². The van der Waals surface area contributed by atoms with Gasteiger partial charge in [-0.15, -0.1) is 0 Å². The minimum absolute atomic E-state index is 0.261. The third-order valence-corrected chi connectivity index (χ3v) is 3.54. The standard InChI is InChI=1S/C10H14Cl2N2S/c1-15-6-8(14-13)4-7-2-3-9(11)10(12)5-7/h2-3,5,8,14H,4,6,13H2,1H3. The Hall–Kier alpha value is 0.0700. The van der Waals surface area contributed by atoms with E-state index in [0.717, 1.165) is 17.7 Å². The Balaban J connectivity index is 2.66. The van der Waals surface area contributed by atoms with Crippen molar-refractivity contribution in [3.05, 3.63) is 33.8 Å². The van der Waals surface area contributed by atoms with Gasteiger partial charge in [-0.3, -0.25) is 11.3 Å². The van der Waals surface area contributed by atoms with Crippen LogP contribution in [-0.4, -0.2) is 18.1 Å². The molecule has 0 aliphatic rings. The van der Waals surface area contributed by atoms with E-state index in [4.69, 9.17) is 29.0 Å². The molecule has 1 rings (SSSR count). The van der Waals surface area contributed by atoms with E-state index in [2.05, 4.69) is 11.7 Å². The highest BCUT2D eigenvalue weighted by molar-refractivity contribution is 7.98. The molecule has 0 aliphatic heterocycles. The van der Waals surface area contributed by atoms with E-state index < -0.39 is 0 Å². The summed E-state index contributed by atoms with van der Waals surface area (Å²) < 4.78 is 0. The lowest BCUT2D eigenvalue weighted by Gasteiger charge is -2.14. The molecule has 1 unspecified atom stereocenters. The molecule has 15 heavy (non-hydrogen) atoms. The second kappa shape index (κ2) is 6.61. The molecule has 5 heteroatoms. The Morgan fingerprint density at radius 1 is 1.40 bits per heavy atom. The fourth-order valence-electron chi connectivity index (χ4n) is 1.32.